The summed E-state index contributed by atoms with van der Waals surface area (Å²) >= 11 is 7.39. The lowest BCUT2D eigenvalue weighted by molar-refractivity contribution is -0.136. The van der Waals surface area contributed by atoms with E-state index in [9.17, 15) is 13.6 Å². The quantitative estimate of drug-likeness (QED) is 0.630. The van der Waals surface area contributed by atoms with Gasteiger partial charge in [0.2, 0.25) is 5.82 Å². The highest BCUT2D eigenvalue weighted by atomic mass is 35.5. The maximum Gasteiger partial charge on any atom is 0.303 e. The number of carboxylic acids is 1. The van der Waals surface area contributed by atoms with Gasteiger partial charge in [-0.05, 0) is 53.6 Å². The predicted octanol–water partition coefficient (Wildman–Crippen LogP) is 5.56. The second kappa shape index (κ2) is 8.84. The molecular weight excluding hydrogens is 408 g/mol. The van der Waals surface area contributed by atoms with Crippen molar-refractivity contribution in [1.82, 2.24) is 4.37 Å². The van der Waals surface area contributed by atoms with Gasteiger partial charge in [0.1, 0.15) is 6.61 Å². The molecule has 1 N–H and O–H groups in total. The molecule has 3 rings (SSSR count). The van der Waals surface area contributed by atoms with Crippen molar-refractivity contribution in [3.05, 3.63) is 63.2 Å². The third-order valence-electron chi connectivity index (χ3n) is 4.51. The van der Waals surface area contributed by atoms with Gasteiger partial charge in [-0.25, -0.2) is 4.39 Å². The molecule has 1 aliphatic rings. The Morgan fingerprint density at radius 2 is 2.11 bits per heavy atom. The highest BCUT2D eigenvalue weighted by molar-refractivity contribution is 7.03. The van der Waals surface area contributed by atoms with Crippen LogP contribution in [0.3, 0.4) is 0 Å². The van der Waals surface area contributed by atoms with E-state index in [1.807, 2.05) is 24.5 Å². The summed E-state index contributed by atoms with van der Waals surface area (Å²) in [6.07, 6.45) is 4.15. The van der Waals surface area contributed by atoms with Crippen LogP contribution in [0.1, 0.15) is 36.6 Å². The Bertz CT molecular complexity index is 955. The molecule has 0 amide bonds. The Morgan fingerprint density at radius 3 is 2.82 bits per heavy atom. The Balaban J connectivity index is 1.73. The summed E-state index contributed by atoms with van der Waals surface area (Å²) in [6, 6.07) is 2.67. The van der Waals surface area contributed by atoms with Crippen LogP contribution in [0.2, 0.25) is 0 Å². The summed E-state index contributed by atoms with van der Waals surface area (Å²) < 4.78 is 38.3. The second-order valence-electron chi connectivity index (χ2n) is 6.57. The molecule has 0 radical (unpaired) electrons. The molecule has 0 saturated carbocycles. The zero-order valence-corrected chi connectivity index (χ0v) is 16.6. The number of nitrogens with zero attached hydrogens (tertiary/aromatic N) is 1. The van der Waals surface area contributed by atoms with Gasteiger partial charge >= 0.3 is 5.97 Å². The van der Waals surface area contributed by atoms with Crippen molar-refractivity contribution in [2.24, 2.45) is 5.92 Å². The number of carboxylic acid groups (broad SMARTS) is 1. The highest BCUT2D eigenvalue weighted by Crippen LogP contribution is 2.34. The third-order valence-corrected chi connectivity index (χ3v) is 5.68. The van der Waals surface area contributed by atoms with Crippen molar-refractivity contribution in [3.8, 4) is 5.75 Å². The van der Waals surface area contributed by atoms with Crippen LogP contribution in [0.5, 0.6) is 5.75 Å². The molecule has 1 aromatic carbocycles. The third kappa shape index (κ3) is 4.59. The van der Waals surface area contributed by atoms with Crippen LogP contribution in [-0.2, 0) is 17.8 Å². The minimum absolute atomic E-state index is 0.00940. The number of halogens is 3. The molecule has 1 aromatic heterocycles. The number of benzene rings is 1. The molecule has 1 atom stereocenters. The first-order chi connectivity index (χ1) is 13.4. The number of hydrogen-bond acceptors (Lipinski definition) is 4. The molecule has 0 saturated heterocycles. The van der Waals surface area contributed by atoms with Crippen molar-refractivity contribution in [1.29, 1.82) is 0 Å². The van der Waals surface area contributed by atoms with Gasteiger partial charge in [-0.3, -0.25) is 4.79 Å². The lowest BCUT2D eigenvalue weighted by atomic mass is 9.92. The van der Waals surface area contributed by atoms with Crippen LogP contribution in [0, 0.1) is 17.6 Å². The van der Waals surface area contributed by atoms with Gasteiger partial charge in [-0.15, -0.1) is 0 Å². The molecule has 4 nitrogen and oxygen atoms in total. The van der Waals surface area contributed by atoms with Crippen LogP contribution in [-0.4, -0.2) is 15.4 Å². The summed E-state index contributed by atoms with van der Waals surface area (Å²) in [4.78, 5) is 10.6. The van der Waals surface area contributed by atoms with Gasteiger partial charge in [0.25, 0.3) is 0 Å². The normalized spacial score (nSPS) is 16.5. The molecule has 148 valence electrons. The maximum atomic E-state index is 14.3. The van der Waals surface area contributed by atoms with Crippen LogP contribution in [0.15, 0.2) is 34.7 Å². The molecular formula is C20H18ClF2NO3S. The van der Waals surface area contributed by atoms with Gasteiger partial charge in [0.05, 0.1) is 5.69 Å². The number of carbonyl (C=O) groups is 1. The molecule has 1 aliphatic carbocycles. The Labute approximate surface area is 170 Å². The summed E-state index contributed by atoms with van der Waals surface area (Å²) in [5, 5.41) is 11.3. The molecule has 0 spiro atoms. The molecule has 0 fully saturated rings. The van der Waals surface area contributed by atoms with Crippen molar-refractivity contribution >= 4 is 34.7 Å². The van der Waals surface area contributed by atoms with Crippen LogP contribution >= 0.6 is 23.1 Å². The SMILES string of the molecule is CC1CC(c2nscc2COc2ccc(CCC(=O)O)c(F)c2F)=CC=C1Cl. The van der Waals surface area contributed by atoms with Gasteiger partial charge < -0.3 is 9.84 Å². The lowest BCUT2D eigenvalue weighted by Crippen LogP contribution is -2.06. The number of ether oxygens (including phenoxy) is 1. The number of hydrogen-bond donors (Lipinski definition) is 1. The van der Waals surface area contributed by atoms with Crippen molar-refractivity contribution in [2.45, 2.75) is 32.8 Å². The molecule has 2 aromatic rings. The van der Waals surface area contributed by atoms with E-state index in [1.165, 1.54) is 23.7 Å². The van der Waals surface area contributed by atoms with E-state index >= 15 is 0 Å². The summed E-state index contributed by atoms with van der Waals surface area (Å²) in [6.45, 7) is 2.07. The van der Waals surface area contributed by atoms with E-state index in [0.717, 1.165) is 28.3 Å². The van der Waals surface area contributed by atoms with E-state index in [4.69, 9.17) is 21.4 Å². The fourth-order valence-corrected chi connectivity index (χ4v) is 3.75. The smallest absolute Gasteiger partial charge is 0.303 e. The Morgan fingerprint density at radius 1 is 1.32 bits per heavy atom. The summed E-state index contributed by atoms with van der Waals surface area (Å²) in [5.41, 5.74) is 2.59. The first-order valence-electron chi connectivity index (χ1n) is 8.68. The predicted molar refractivity (Wildman–Crippen MR) is 104 cm³/mol. The standard InChI is InChI=1S/C20H18ClF2NO3S/c1-11-8-13(2-5-15(11)21)20-14(10-28-24-20)9-27-16-6-3-12(4-7-17(25)26)18(22)19(16)23/h2-3,5-6,10-11H,4,7-9H2,1H3,(H,25,26). The minimum atomic E-state index is -1.12. The number of rotatable bonds is 7. The first kappa shape index (κ1) is 20.5. The van der Waals surface area contributed by atoms with E-state index in [-0.39, 0.29) is 36.7 Å². The van der Waals surface area contributed by atoms with Crippen molar-refractivity contribution < 1.29 is 23.4 Å². The van der Waals surface area contributed by atoms with Crippen LogP contribution in [0.4, 0.5) is 8.78 Å². The van der Waals surface area contributed by atoms with Crippen LogP contribution < -0.4 is 4.74 Å². The number of aryl methyl sites for hydroxylation is 1. The fraction of sp³-hybridized carbons (Fsp3) is 0.300. The van der Waals surface area contributed by atoms with Gasteiger partial charge in [-0.2, -0.15) is 8.76 Å². The summed E-state index contributed by atoms with van der Waals surface area (Å²) in [7, 11) is 0. The largest absolute Gasteiger partial charge is 0.486 e. The molecule has 1 heterocycles. The van der Waals surface area contributed by atoms with E-state index in [1.54, 1.807) is 0 Å². The average Bonchev–Trinajstić information content (AvgIpc) is 3.13. The molecule has 28 heavy (non-hydrogen) atoms. The molecule has 1 unspecified atom stereocenters. The van der Waals surface area contributed by atoms with E-state index in [0.29, 0.717) is 0 Å². The van der Waals surface area contributed by atoms with Crippen molar-refractivity contribution in [3.63, 3.8) is 0 Å². The fourth-order valence-electron chi connectivity index (χ4n) is 2.91. The van der Waals surface area contributed by atoms with E-state index in [2.05, 4.69) is 4.37 Å². The Kier molecular flexibility index (Phi) is 6.46. The maximum absolute atomic E-state index is 14.3. The number of allylic oxidation sites excluding steroid dienone is 4. The summed E-state index contributed by atoms with van der Waals surface area (Å²) in [5.74, 6) is -3.29. The number of aromatic nitrogens is 1. The molecule has 8 heteroatoms. The number of aliphatic carboxylic acids is 1. The average molecular weight is 426 g/mol. The molecule has 0 aliphatic heterocycles. The van der Waals surface area contributed by atoms with E-state index < -0.39 is 17.6 Å². The van der Waals surface area contributed by atoms with Crippen molar-refractivity contribution in [2.75, 3.05) is 0 Å². The lowest BCUT2D eigenvalue weighted by Gasteiger charge is -2.17. The van der Waals surface area contributed by atoms with Crippen LogP contribution in [0.25, 0.3) is 5.57 Å². The first-order valence-corrected chi connectivity index (χ1v) is 9.89. The highest BCUT2D eigenvalue weighted by Gasteiger charge is 2.20. The monoisotopic (exact) mass is 425 g/mol. The van der Waals surface area contributed by atoms with Gasteiger partial charge in [-0.1, -0.05) is 30.7 Å². The van der Waals surface area contributed by atoms with Gasteiger partial charge in [0.15, 0.2) is 11.6 Å². The minimum Gasteiger partial charge on any atom is -0.486 e. The topological polar surface area (TPSA) is 59.4 Å². The zero-order valence-electron chi connectivity index (χ0n) is 15.0. The zero-order chi connectivity index (χ0) is 20.3. The molecule has 0 bridgehead atoms. The Hall–Kier alpha value is -2.25. The van der Waals surface area contributed by atoms with Gasteiger partial charge in [0, 0.05) is 22.4 Å². The second-order valence-corrected chi connectivity index (χ2v) is 7.64.